The van der Waals surface area contributed by atoms with Crippen molar-refractivity contribution in [3.63, 3.8) is 0 Å². The zero-order valence-electron chi connectivity index (χ0n) is 14.0. The van der Waals surface area contributed by atoms with E-state index in [9.17, 15) is 13.2 Å². The first kappa shape index (κ1) is 18.8. The van der Waals surface area contributed by atoms with E-state index in [0.717, 1.165) is 41.5 Å². The van der Waals surface area contributed by atoms with Gasteiger partial charge in [0.05, 0.1) is 0 Å². The number of para-hydroxylation sites is 1. The van der Waals surface area contributed by atoms with E-state index < -0.39 is 12.1 Å². The van der Waals surface area contributed by atoms with Crippen LogP contribution in [0.5, 0.6) is 17.2 Å². The number of hydrogen-bond acceptors (Lipinski definition) is 5. The first-order valence-corrected chi connectivity index (χ1v) is 8.02. The highest BCUT2D eigenvalue weighted by Crippen LogP contribution is 2.40. The molecule has 6 nitrogen and oxygen atoms in total. The van der Waals surface area contributed by atoms with Gasteiger partial charge in [-0.2, -0.15) is 13.2 Å². The lowest BCUT2D eigenvalue weighted by molar-refractivity contribution is -0.192. The Morgan fingerprint density at radius 1 is 1.07 bits per heavy atom. The van der Waals surface area contributed by atoms with Gasteiger partial charge >= 0.3 is 12.1 Å². The van der Waals surface area contributed by atoms with Gasteiger partial charge in [-0.05, 0) is 17.7 Å². The Balaban J connectivity index is 0.000000260. The fraction of sp³-hybridized carbons (Fsp3) is 0.278. The van der Waals surface area contributed by atoms with E-state index in [-0.39, 0.29) is 0 Å². The molecule has 0 spiro atoms. The van der Waals surface area contributed by atoms with Crippen LogP contribution in [-0.4, -0.2) is 37.2 Å². The Morgan fingerprint density at radius 3 is 2.56 bits per heavy atom. The summed E-state index contributed by atoms with van der Waals surface area (Å²) in [4.78, 5) is 8.90. The van der Waals surface area contributed by atoms with Crippen LogP contribution in [-0.2, 0) is 11.3 Å². The van der Waals surface area contributed by atoms with Crippen LogP contribution in [0, 0.1) is 0 Å². The summed E-state index contributed by atoms with van der Waals surface area (Å²) in [5.74, 6) is -0.186. The predicted octanol–water partition coefficient (Wildman–Crippen LogP) is 3.20. The highest BCUT2D eigenvalue weighted by atomic mass is 19.4. The molecule has 0 aromatic heterocycles. The van der Waals surface area contributed by atoms with Crippen molar-refractivity contribution in [1.82, 2.24) is 5.32 Å². The third kappa shape index (κ3) is 4.43. The molecule has 0 fully saturated rings. The lowest BCUT2D eigenvalue weighted by Crippen LogP contribution is -2.21. The molecule has 0 amide bonds. The molecule has 0 saturated carbocycles. The average Bonchev–Trinajstić information content (AvgIpc) is 2.96. The monoisotopic (exact) mass is 383 g/mol. The summed E-state index contributed by atoms with van der Waals surface area (Å²) in [6.07, 6.45) is -5.08. The topological polar surface area (TPSA) is 77.0 Å². The van der Waals surface area contributed by atoms with Crippen molar-refractivity contribution in [3.8, 4) is 28.4 Å². The molecule has 2 heterocycles. The van der Waals surface area contributed by atoms with Crippen molar-refractivity contribution in [2.75, 3.05) is 19.9 Å². The molecule has 0 atom stereocenters. The number of carbonyl (C=O) groups is 1. The van der Waals surface area contributed by atoms with Gasteiger partial charge in [0.15, 0.2) is 11.5 Å². The van der Waals surface area contributed by atoms with Gasteiger partial charge in [-0.3, -0.25) is 0 Å². The van der Waals surface area contributed by atoms with Crippen LogP contribution in [0.4, 0.5) is 13.2 Å². The highest BCUT2D eigenvalue weighted by molar-refractivity contribution is 5.74. The second kappa shape index (κ2) is 7.75. The van der Waals surface area contributed by atoms with E-state index in [0.29, 0.717) is 13.4 Å². The van der Waals surface area contributed by atoms with Crippen molar-refractivity contribution < 1.29 is 37.3 Å². The molecule has 2 aliphatic heterocycles. The lowest BCUT2D eigenvalue weighted by Gasteiger charge is -2.13. The highest BCUT2D eigenvalue weighted by Gasteiger charge is 2.38. The second-order valence-electron chi connectivity index (χ2n) is 5.69. The fourth-order valence-electron chi connectivity index (χ4n) is 2.63. The molecular weight excluding hydrogens is 367 g/mol. The first-order valence-electron chi connectivity index (χ1n) is 8.02. The van der Waals surface area contributed by atoms with Gasteiger partial charge in [-0.25, -0.2) is 4.79 Å². The SMILES string of the molecule is O=C(O)C(F)(F)F.c1cc2c(c(-c3ccc4c(c3)OCO4)c1)OCCNC2. The number of aliphatic carboxylic acids is 1. The van der Waals surface area contributed by atoms with E-state index in [1.54, 1.807) is 0 Å². The smallest absolute Gasteiger partial charge is 0.490 e. The number of rotatable bonds is 1. The number of nitrogens with one attached hydrogen (secondary N) is 1. The maximum absolute atomic E-state index is 10.6. The van der Waals surface area contributed by atoms with E-state index in [1.165, 1.54) is 5.56 Å². The average molecular weight is 383 g/mol. The van der Waals surface area contributed by atoms with E-state index in [2.05, 4.69) is 23.5 Å². The number of carboxylic acid groups (broad SMARTS) is 1. The molecular formula is C18H16F3NO5. The summed E-state index contributed by atoms with van der Waals surface area (Å²) in [6.45, 7) is 2.70. The number of hydrogen-bond donors (Lipinski definition) is 2. The minimum absolute atomic E-state index is 0.298. The quantitative estimate of drug-likeness (QED) is 0.788. The Morgan fingerprint density at radius 2 is 1.81 bits per heavy atom. The van der Waals surface area contributed by atoms with Crippen molar-refractivity contribution in [2.45, 2.75) is 12.7 Å². The number of carboxylic acids is 1. The minimum Gasteiger partial charge on any atom is -0.491 e. The molecule has 0 saturated heterocycles. The summed E-state index contributed by atoms with van der Waals surface area (Å²) in [5.41, 5.74) is 3.38. The van der Waals surface area contributed by atoms with Crippen LogP contribution in [0.3, 0.4) is 0 Å². The molecule has 2 aromatic rings. The maximum Gasteiger partial charge on any atom is 0.490 e. The molecule has 0 radical (unpaired) electrons. The molecule has 0 unspecified atom stereocenters. The summed E-state index contributed by atoms with van der Waals surface area (Å²) in [6, 6.07) is 12.3. The maximum atomic E-state index is 10.6. The lowest BCUT2D eigenvalue weighted by atomic mass is 10.0. The summed E-state index contributed by atoms with van der Waals surface area (Å²) < 4.78 is 48.5. The van der Waals surface area contributed by atoms with E-state index >= 15 is 0 Å². The predicted molar refractivity (Wildman–Crippen MR) is 88.9 cm³/mol. The van der Waals surface area contributed by atoms with E-state index in [1.807, 2.05) is 18.2 Å². The Kier molecular flexibility index (Phi) is 5.41. The number of ether oxygens (including phenoxy) is 3. The second-order valence-corrected chi connectivity index (χ2v) is 5.69. The zero-order valence-corrected chi connectivity index (χ0v) is 14.0. The molecule has 0 bridgehead atoms. The van der Waals surface area contributed by atoms with Crippen molar-refractivity contribution in [3.05, 3.63) is 42.0 Å². The normalized spacial score (nSPS) is 14.9. The van der Waals surface area contributed by atoms with Crippen LogP contribution in [0.25, 0.3) is 11.1 Å². The van der Waals surface area contributed by atoms with Crippen molar-refractivity contribution in [2.24, 2.45) is 0 Å². The Bertz CT molecular complexity index is 838. The van der Waals surface area contributed by atoms with Gasteiger partial charge in [0.2, 0.25) is 6.79 Å². The largest absolute Gasteiger partial charge is 0.491 e. The zero-order chi connectivity index (χ0) is 19.4. The van der Waals surface area contributed by atoms with Crippen LogP contribution in [0.2, 0.25) is 0 Å². The van der Waals surface area contributed by atoms with Crippen LogP contribution in [0.1, 0.15) is 5.56 Å². The molecule has 27 heavy (non-hydrogen) atoms. The van der Waals surface area contributed by atoms with Crippen LogP contribution < -0.4 is 19.5 Å². The minimum atomic E-state index is -5.08. The van der Waals surface area contributed by atoms with Crippen LogP contribution >= 0.6 is 0 Å². The first-order chi connectivity index (χ1) is 12.9. The van der Waals surface area contributed by atoms with E-state index in [4.69, 9.17) is 24.1 Å². The van der Waals surface area contributed by atoms with Gasteiger partial charge in [0.1, 0.15) is 12.4 Å². The molecule has 2 aliphatic rings. The van der Waals surface area contributed by atoms with Crippen molar-refractivity contribution >= 4 is 5.97 Å². The molecule has 9 heteroatoms. The van der Waals surface area contributed by atoms with Gasteiger partial charge in [0.25, 0.3) is 0 Å². The van der Waals surface area contributed by atoms with Crippen molar-refractivity contribution in [1.29, 1.82) is 0 Å². The molecule has 0 aliphatic carbocycles. The summed E-state index contributed by atoms with van der Waals surface area (Å²) in [7, 11) is 0. The summed E-state index contributed by atoms with van der Waals surface area (Å²) in [5, 5.41) is 10.5. The molecule has 2 N–H and O–H groups in total. The molecule has 144 valence electrons. The standard InChI is InChI=1S/C16H15NO3.C2HF3O2/c1-2-12-9-17-6-7-18-16(12)13(3-1)11-4-5-14-15(8-11)20-10-19-14;3-2(4,5)1(6)7/h1-5,8,17H,6-7,9-10H2;(H,6,7). The molecule has 4 rings (SSSR count). The van der Waals surface area contributed by atoms with Gasteiger partial charge < -0.3 is 24.6 Å². The summed E-state index contributed by atoms with van der Waals surface area (Å²) >= 11 is 0. The van der Waals surface area contributed by atoms with Gasteiger partial charge in [-0.15, -0.1) is 0 Å². The van der Waals surface area contributed by atoms with Gasteiger partial charge in [0, 0.05) is 24.2 Å². The van der Waals surface area contributed by atoms with Crippen LogP contribution in [0.15, 0.2) is 36.4 Å². The number of benzene rings is 2. The molecule has 2 aromatic carbocycles. The Hall–Kier alpha value is -2.94. The number of fused-ring (bicyclic) bond motifs is 2. The number of alkyl halides is 3. The third-order valence-corrected chi connectivity index (χ3v) is 3.86. The third-order valence-electron chi connectivity index (χ3n) is 3.86. The Labute approximate surface area is 152 Å². The number of halogens is 3. The van der Waals surface area contributed by atoms with Gasteiger partial charge in [-0.1, -0.05) is 24.3 Å². The fourth-order valence-corrected chi connectivity index (χ4v) is 2.63.